The van der Waals surface area contributed by atoms with Gasteiger partial charge in [0.05, 0.1) is 13.0 Å². The number of carbonyl (C=O) groups is 1. The Morgan fingerprint density at radius 1 is 1.50 bits per heavy atom. The Bertz CT molecular complexity index is 394. The molecule has 1 amide bonds. The first-order chi connectivity index (χ1) is 7.72. The van der Waals surface area contributed by atoms with Crippen molar-refractivity contribution in [1.29, 1.82) is 0 Å². The summed E-state index contributed by atoms with van der Waals surface area (Å²) in [5.41, 5.74) is 2.63. The minimum absolute atomic E-state index is 0.0505. The average Bonchev–Trinajstić information content (AvgIpc) is 2.68. The van der Waals surface area contributed by atoms with Crippen LogP contribution in [-0.4, -0.2) is 29.1 Å². The van der Waals surface area contributed by atoms with Crippen molar-refractivity contribution in [2.75, 3.05) is 13.2 Å². The highest BCUT2D eigenvalue weighted by Crippen LogP contribution is 2.17. The lowest BCUT2D eigenvalue weighted by atomic mass is 10.1. The summed E-state index contributed by atoms with van der Waals surface area (Å²) in [4.78, 5) is 14.5. The number of aromatic nitrogens is 1. The fourth-order valence-electron chi connectivity index (χ4n) is 1.48. The van der Waals surface area contributed by atoms with Crippen LogP contribution in [0.25, 0.3) is 12.2 Å². The second kappa shape index (κ2) is 5.92. The van der Waals surface area contributed by atoms with E-state index in [1.807, 2.05) is 0 Å². The maximum Gasteiger partial charge on any atom is 0.224 e. The SMILES string of the molecule is C=Cc1[nH]cc(CC(=O)NCCO)c1C=C. The zero-order chi connectivity index (χ0) is 12.0. The minimum atomic E-state index is -0.119. The summed E-state index contributed by atoms with van der Waals surface area (Å²) in [5, 5.41) is 11.2. The van der Waals surface area contributed by atoms with E-state index in [0.717, 1.165) is 16.8 Å². The van der Waals surface area contributed by atoms with E-state index < -0.39 is 0 Å². The van der Waals surface area contributed by atoms with Crippen molar-refractivity contribution in [3.63, 3.8) is 0 Å². The topological polar surface area (TPSA) is 65.1 Å². The Labute approximate surface area is 94.7 Å². The van der Waals surface area contributed by atoms with Gasteiger partial charge in [-0.3, -0.25) is 4.79 Å². The zero-order valence-electron chi connectivity index (χ0n) is 9.12. The van der Waals surface area contributed by atoms with Gasteiger partial charge in [-0.2, -0.15) is 0 Å². The van der Waals surface area contributed by atoms with Crippen LogP contribution in [0.3, 0.4) is 0 Å². The van der Waals surface area contributed by atoms with Crippen LogP contribution in [-0.2, 0) is 11.2 Å². The van der Waals surface area contributed by atoms with Gasteiger partial charge < -0.3 is 15.4 Å². The molecule has 0 unspecified atom stereocenters. The van der Waals surface area contributed by atoms with Crippen LogP contribution < -0.4 is 5.32 Å². The van der Waals surface area contributed by atoms with Gasteiger partial charge in [0.2, 0.25) is 5.91 Å². The number of hydrogen-bond donors (Lipinski definition) is 3. The van der Waals surface area contributed by atoms with Gasteiger partial charge in [0.15, 0.2) is 0 Å². The minimum Gasteiger partial charge on any atom is -0.395 e. The second-order valence-corrected chi connectivity index (χ2v) is 3.30. The van der Waals surface area contributed by atoms with Gasteiger partial charge >= 0.3 is 0 Å². The number of amides is 1. The molecule has 0 aromatic carbocycles. The highest BCUT2D eigenvalue weighted by molar-refractivity contribution is 5.80. The summed E-state index contributed by atoms with van der Waals surface area (Å²) >= 11 is 0. The molecular formula is C12H16N2O2. The second-order valence-electron chi connectivity index (χ2n) is 3.30. The lowest BCUT2D eigenvalue weighted by Gasteiger charge is -2.03. The van der Waals surface area contributed by atoms with Crippen LogP contribution in [0.1, 0.15) is 16.8 Å². The predicted octanol–water partition coefficient (Wildman–Crippen LogP) is 0.952. The van der Waals surface area contributed by atoms with E-state index in [2.05, 4.69) is 23.5 Å². The molecule has 0 atom stereocenters. The van der Waals surface area contributed by atoms with Gasteiger partial charge in [-0.1, -0.05) is 19.2 Å². The standard InChI is InChI=1S/C12H16N2O2/c1-3-10-9(8-14-11(10)4-2)7-12(16)13-5-6-15/h3-4,8,14-15H,1-2,5-7H2,(H,13,16). The molecule has 0 aliphatic carbocycles. The first-order valence-electron chi connectivity index (χ1n) is 5.05. The number of H-pyrrole nitrogens is 1. The fraction of sp³-hybridized carbons (Fsp3) is 0.250. The number of carbonyl (C=O) groups excluding carboxylic acids is 1. The van der Waals surface area contributed by atoms with Gasteiger partial charge in [0.1, 0.15) is 0 Å². The molecule has 0 aliphatic heterocycles. The fourth-order valence-corrected chi connectivity index (χ4v) is 1.48. The van der Waals surface area contributed by atoms with Crippen LogP contribution in [0.2, 0.25) is 0 Å². The molecule has 1 heterocycles. The third kappa shape index (κ3) is 2.84. The van der Waals surface area contributed by atoms with Crippen molar-refractivity contribution in [1.82, 2.24) is 10.3 Å². The monoisotopic (exact) mass is 220 g/mol. The van der Waals surface area contributed by atoms with Gasteiger partial charge in [-0.05, 0) is 11.6 Å². The van der Waals surface area contributed by atoms with E-state index in [1.165, 1.54) is 0 Å². The van der Waals surface area contributed by atoms with Crippen LogP contribution >= 0.6 is 0 Å². The Morgan fingerprint density at radius 3 is 2.81 bits per heavy atom. The van der Waals surface area contributed by atoms with E-state index in [4.69, 9.17) is 5.11 Å². The molecule has 0 spiro atoms. The number of aromatic amines is 1. The molecular weight excluding hydrogens is 204 g/mol. The average molecular weight is 220 g/mol. The van der Waals surface area contributed by atoms with E-state index >= 15 is 0 Å². The number of rotatable bonds is 6. The predicted molar refractivity (Wildman–Crippen MR) is 64.8 cm³/mol. The molecule has 0 radical (unpaired) electrons. The molecule has 86 valence electrons. The van der Waals surface area contributed by atoms with Crippen molar-refractivity contribution in [2.24, 2.45) is 0 Å². The number of aliphatic hydroxyl groups is 1. The summed E-state index contributed by atoms with van der Waals surface area (Å²) in [7, 11) is 0. The van der Waals surface area contributed by atoms with Gasteiger partial charge in [0.25, 0.3) is 0 Å². The van der Waals surface area contributed by atoms with E-state index in [1.54, 1.807) is 18.3 Å². The number of nitrogens with one attached hydrogen (secondary N) is 2. The Kier molecular flexibility index (Phi) is 4.54. The first kappa shape index (κ1) is 12.3. The Balaban J connectivity index is 2.73. The molecule has 0 saturated carbocycles. The molecule has 1 aromatic heterocycles. The Morgan fingerprint density at radius 2 is 2.25 bits per heavy atom. The molecule has 0 fully saturated rings. The van der Waals surface area contributed by atoms with E-state index in [0.29, 0.717) is 0 Å². The Hall–Kier alpha value is -1.81. The van der Waals surface area contributed by atoms with E-state index in [-0.39, 0.29) is 25.5 Å². The normalized spacial score (nSPS) is 9.81. The largest absolute Gasteiger partial charge is 0.395 e. The van der Waals surface area contributed by atoms with Crippen molar-refractivity contribution < 1.29 is 9.90 Å². The van der Waals surface area contributed by atoms with Gasteiger partial charge in [-0.25, -0.2) is 0 Å². The van der Waals surface area contributed by atoms with Crippen molar-refractivity contribution >= 4 is 18.1 Å². The maximum absolute atomic E-state index is 11.4. The van der Waals surface area contributed by atoms with Gasteiger partial charge in [-0.15, -0.1) is 0 Å². The van der Waals surface area contributed by atoms with Gasteiger partial charge in [0, 0.05) is 24.0 Å². The summed E-state index contributed by atoms with van der Waals surface area (Å²) in [6, 6.07) is 0. The van der Waals surface area contributed by atoms with Crippen LogP contribution in [0.15, 0.2) is 19.4 Å². The molecule has 0 saturated heterocycles. The third-order valence-electron chi connectivity index (χ3n) is 2.23. The summed E-state index contributed by atoms with van der Waals surface area (Å²) in [5.74, 6) is -0.119. The molecule has 0 aliphatic rings. The summed E-state index contributed by atoms with van der Waals surface area (Å²) in [6.45, 7) is 7.60. The third-order valence-corrected chi connectivity index (χ3v) is 2.23. The molecule has 3 N–H and O–H groups in total. The smallest absolute Gasteiger partial charge is 0.224 e. The highest BCUT2D eigenvalue weighted by atomic mass is 16.3. The van der Waals surface area contributed by atoms with E-state index in [9.17, 15) is 4.79 Å². The lowest BCUT2D eigenvalue weighted by Crippen LogP contribution is -2.27. The lowest BCUT2D eigenvalue weighted by molar-refractivity contribution is -0.120. The molecule has 4 nitrogen and oxygen atoms in total. The summed E-state index contributed by atoms with van der Waals surface area (Å²) in [6.07, 6.45) is 5.42. The molecule has 16 heavy (non-hydrogen) atoms. The quantitative estimate of drug-likeness (QED) is 0.668. The number of hydrogen-bond acceptors (Lipinski definition) is 2. The molecule has 0 bridgehead atoms. The first-order valence-corrected chi connectivity index (χ1v) is 5.05. The zero-order valence-corrected chi connectivity index (χ0v) is 9.12. The van der Waals surface area contributed by atoms with Crippen molar-refractivity contribution in [3.05, 3.63) is 36.2 Å². The molecule has 1 rings (SSSR count). The van der Waals surface area contributed by atoms with Crippen LogP contribution in [0.5, 0.6) is 0 Å². The summed E-state index contributed by atoms with van der Waals surface area (Å²) < 4.78 is 0. The molecule has 1 aromatic rings. The van der Waals surface area contributed by atoms with Crippen LogP contribution in [0, 0.1) is 0 Å². The molecule has 4 heteroatoms. The highest BCUT2D eigenvalue weighted by Gasteiger charge is 2.09. The maximum atomic E-state index is 11.4. The van der Waals surface area contributed by atoms with Crippen LogP contribution in [0.4, 0.5) is 0 Å². The number of aliphatic hydroxyl groups excluding tert-OH is 1. The van der Waals surface area contributed by atoms with Crippen molar-refractivity contribution in [2.45, 2.75) is 6.42 Å². The van der Waals surface area contributed by atoms with Crippen molar-refractivity contribution in [3.8, 4) is 0 Å².